The lowest BCUT2D eigenvalue weighted by Gasteiger charge is -2.35. The smallest absolute Gasteiger partial charge is 0.264 e. The Morgan fingerprint density at radius 2 is 2.04 bits per heavy atom. The van der Waals surface area contributed by atoms with E-state index in [2.05, 4.69) is 11.0 Å². The first-order valence-corrected chi connectivity index (χ1v) is 9.54. The molecule has 6 nitrogen and oxygen atoms in total. The number of pyridine rings is 1. The highest BCUT2D eigenvalue weighted by Crippen LogP contribution is 2.27. The molecule has 0 saturated carbocycles. The molecule has 1 aliphatic heterocycles. The van der Waals surface area contributed by atoms with Crippen molar-refractivity contribution in [3.63, 3.8) is 0 Å². The Morgan fingerprint density at radius 3 is 2.70 bits per heavy atom. The molecule has 7 heteroatoms. The summed E-state index contributed by atoms with van der Waals surface area (Å²) < 4.78 is 5.28. The average Bonchev–Trinajstić information content (AvgIpc) is 3.26. The predicted octanol–water partition coefficient (Wildman–Crippen LogP) is 3.14. The summed E-state index contributed by atoms with van der Waals surface area (Å²) in [5.74, 6) is 1.47. The third-order valence-electron chi connectivity index (χ3n) is 4.72. The van der Waals surface area contributed by atoms with Crippen molar-refractivity contribution in [1.82, 2.24) is 9.88 Å². The molecule has 3 heterocycles. The number of fused-ring (bicyclic) bond motifs is 1. The number of hydrogen-bond acceptors (Lipinski definition) is 6. The molecule has 1 fully saturated rings. The molecule has 0 atom stereocenters. The van der Waals surface area contributed by atoms with Crippen LogP contribution in [0.4, 0.5) is 5.82 Å². The second-order valence-electron chi connectivity index (χ2n) is 6.29. The fourth-order valence-corrected chi connectivity index (χ4v) is 3.96. The molecule has 0 aliphatic carbocycles. The van der Waals surface area contributed by atoms with Gasteiger partial charge in [-0.15, -0.1) is 11.3 Å². The Labute approximate surface area is 161 Å². The summed E-state index contributed by atoms with van der Waals surface area (Å²) in [4.78, 5) is 21.9. The van der Waals surface area contributed by atoms with Gasteiger partial charge in [-0.25, -0.2) is 4.98 Å². The van der Waals surface area contributed by atoms with Crippen LogP contribution in [0.2, 0.25) is 0 Å². The quantitative estimate of drug-likeness (QED) is 0.700. The highest BCUT2D eigenvalue weighted by molar-refractivity contribution is 7.12. The fourth-order valence-electron chi connectivity index (χ4n) is 3.26. The van der Waals surface area contributed by atoms with Gasteiger partial charge in [0.1, 0.15) is 17.6 Å². The summed E-state index contributed by atoms with van der Waals surface area (Å²) >= 11 is 1.46. The molecule has 0 spiro atoms. The van der Waals surface area contributed by atoms with E-state index in [1.165, 1.54) is 11.3 Å². The molecule has 1 saturated heterocycles. The average molecular weight is 378 g/mol. The number of nitrogens with zero attached hydrogens (tertiary/aromatic N) is 4. The van der Waals surface area contributed by atoms with Crippen LogP contribution in [0.5, 0.6) is 5.75 Å². The van der Waals surface area contributed by atoms with Crippen molar-refractivity contribution in [2.75, 3.05) is 38.2 Å². The number of nitriles is 1. The van der Waals surface area contributed by atoms with Gasteiger partial charge in [0.15, 0.2) is 0 Å². The highest BCUT2D eigenvalue weighted by Gasteiger charge is 2.25. The van der Waals surface area contributed by atoms with Crippen LogP contribution in [0.25, 0.3) is 10.9 Å². The number of thiophene rings is 1. The van der Waals surface area contributed by atoms with Crippen LogP contribution in [0, 0.1) is 11.3 Å². The first kappa shape index (κ1) is 17.3. The van der Waals surface area contributed by atoms with E-state index in [4.69, 9.17) is 9.72 Å². The van der Waals surface area contributed by atoms with Crippen LogP contribution < -0.4 is 9.64 Å². The summed E-state index contributed by atoms with van der Waals surface area (Å²) in [6.45, 7) is 2.52. The van der Waals surface area contributed by atoms with Crippen molar-refractivity contribution in [2.24, 2.45) is 0 Å². The molecule has 0 radical (unpaired) electrons. The lowest BCUT2D eigenvalue weighted by molar-refractivity contribution is 0.0751. The van der Waals surface area contributed by atoms with E-state index in [-0.39, 0.29) is 5.91 Å². The number of aromatic nitrogens is 1. The Kier molecular flexibility index (Phi) is 4.65. The molecule has 1 amide bonds. The minimum atomic E-state index is 0.0707. The SMILES string of the molecule is COc1ccc2cc(C#N)c(N3CCN(C(=O)c4cccs4)CC3)nc2c1. The zero-order chi connectivity index (χ0) is 18.8. The summed E-state index contributed by atoms with van der Waals surface area (Å²) in [5.41, 5.74) is 1.34. The topological polar surface area (TPSA) is 69.5 Å². The highest BCUT2D eigenvalue weighted by atomic mass is 32.1. The standard InChI is InChI=1S/C20H18N4O2S/c1-26-16-5-4-14-11-15(13-21)19(22-17(14)12-16)23-6-8-24(9-7-23)20(25)18-3-2-10-27-18/h2-5,10-12H,6-9H2,1H3. The number of carbonyl (C=O) groups is 1. The van der Waals surface area contributed by atoms with E-state index in [9.17, 15) is 10.1 Å². The van der Waals surface area contributed by atoms with Crippen LogP contribution in [0.1, 0.15) is 15.2 Å². The van der Waals surface area contributed by atoms with Gasteiger partial charge in [-0.3, -0.25) is 4.79 Å². The van der Waals surface area contributed by atoms with E-state index in [1.807, 2.05) is 46.7 Å². The maximum absolute atomic E-state index is 12.5. The Morgan fingerprint density at radius 1 is 1.22 bits per heavy atom. The molecule has 0 unspecified atom stereocenters. The van der Waals surface area contributed by atoms with E-state index >= 15 is 0 Å². The Bertz CT molecular complexity index is 1020. The first-order chi connectivity index (χ1) is 13.2. The number of amides is 1. The lowest BCUT2D eigenvalue weighted by atomic mass is 10.1. The van der Waals surface area contributed by atoms with Gasteiger partial charge in [-0.05, 0) is 29.6 Å². The molecular weight excluding hydrogens is 360 g/mol. The number of ether oxygens (including phenoxy) is 1. The van der Waals surface area contributed by atoms with Gasteiger partial charge < -0.3 is 14.5 Å². The zero-order valence-electron chi connectivity index (χ0n) is 14.9. The van der Waals surface area contributed by atoms with Crippen LogP contribution in [-0.4, -0.2) is 49.1 Å². The number of hydrogen-bond donors (Lipinski definition) is 0. The molecule has 4 rings (SSSR count). The number of carbonyl (C=O) groups excluding carboxylic acids is 1. The summed E-state index contributed by atoms with van der Waals surface area (Å²) in [7, 11) is 1.62. The van der Waals surface area contributed by atoms with Gasteiger partial charge in [0.05, 0.1) is 23.1 Å². The van der Waals surface area contributed by atoms with E-state index in [0.29, 0.717) is 37.6 Å². The first-order valence-electron chi connectivity index (χ1n) is 8.66. The maximum Gasteiger partial charge on any atom is 0.264 e. The molecule has 27 heavy (non-hydrogen) atoms. The monoisotopic (exact) mass is 378 g/mol. The van der Waals surface area contributed by atoms with Crippen molar-refractivity contribution in [1.29, 1.82) is 5.26 Å². The number of anilines is 1. The van der Waals surface area contributed by atoms with Gasteiger partial charge in [0, 0.05) is 37.6 Å². The van der Waals surface area contributed by atoms with Crippen LogP contribution in [0.15, 0.2) is 41.8 Å². The molecular formula is C20H18N4O2S. The minimum absolute atomic E-state index is 0.0707. The molecule has 2 aromatic heterocycles. The molecule has 1 aliphatic rings. The van der Waals surface area contributed by atoms with Gasteiger partial charge in [-0.1, -0.05) is 6.07 Å². The summed E-state index contributed by atoms with van der Waals surface area (Å²) in [5, 5.41) is 12.4. The third kappa shape index (κ3) is 3.32. The summed E-state index contributed by atoms with van der Waals surface area (Å²) in [6, 6.07) is 13.5. The molecule has 1 aromatic carbocycles. The van der Waals surface area contributed by atoms with Crippen molar-refractivity contribution < 1.29 is 9.53 Å². The van der Waals surface area contributed by atoms with Crippen LogP contribution in [0.3, 0.4) is 0 Å². The zero-order valence-corrected chi connectivity index (χ0v) is 15.7. The van der Waals surface area contributed by atoms with E-state index in [1.54, 1.807) is 7.11 Å². The molecule has 0 bridgehead atoms. The van der Waals surface area contributed by atoms with Gasteiger partial charge in [0.2, 0.25) is 0 Å². The van der Waals surface area contributed by atoms with E-state index < -0.39 is 0 Å². The van der Waals surface area contributed by atoms with Crippen molar-refractivity contribution in [3.05, 3.63) is 52.2 Å². The van der Waals surface area contributed by atoms with Crippen molar-refractivity contribution >= 4 is 34.0 Å². The number of piperazine rings is 1. The molecule has 0 N–H and O–H groups in total. The molecule has 3 aromatic rings. The predicted molar refractivity (Wildman–Crippen MR) is 105 cm³/mol. The number of benzene rings is 1. The van der Waals surface area contributed by atoms with Gasteiger partial charge >= 0.3 is 0 Å². The maximum atomic E-state index is 12.5. The summed E-state index contributed by atoms with van der Waals surface area (Å²) in [6.07, 6.45) is 0. The second kappa shape index (κ2) is 7.25. The minimum Gasteiger partial charge on any atom is -0.497 e. The van der Waals surface area contributed by atoms with E-state index in [0.717, 1.165) is 21.5 Å². The lowest BCUT2D eigenvalue weighted by Crippen LogP contribution is -2.49. The van der Waals surface area contributed by atoms with Crippen LogP contribution >= 0.6 is 11.3 Å². The Hall–Kier alpha value is -3.11. The fraction of sp³-hybridized carbons (Fsp3) is 0.250. The number of methoxy groups -OCH3 is 1. The van der Waals surface area contributed by atoms with Gasteiger partial charge in [0.25, 0.3) is 5.91 Å². The Balaban J connectivity index is 1.57. The largest absolute Gasteiger partial charge is 0.497 e. The van der Waals surface area contributed by atoms with Crippen molar-refractivity contribution in [3.8, 4) is 11.8 Å². The second-order valence-corrected chi connectivity index (χ2v) is 7.23. The van der Waals surface area contributed by atoms with Crippen molar-refractivity contribution in [2.45, 2.75) is 0 Å². The number of rotatable bonds is 3. The van der Waals surface area contributed by atoms with Crippen LogP contribution in [-0.2, 0) is 0 Å². The van der Waals surface area contributed by atoms with Gasteiger partial charge in [-0.2, -0.15) is 5.26 Å². The normalized spacial score (nSPS) is 14.2. The molecule has 136 valence electrons. The third-order valence-corrected chi connectivity index (χ3v) is 5.58.